The van der Waals surface area contributed by atoms with Gasteiger partial charge in [-0.15, -0.1) is 0 Å². The van der Waals surface area contributed by atoms with Crippen LogP contribution >= 0.6 is 0 Å². The number of halogens is 1. The van der Waals surface area contributed by atoms with Crippen LogP contribution in [0.25, 0.3) is 5.65 Å². The van der Waals surface area contributed by atoms with Crippen LogP contribution in [0.3, 0.4) is 0 Å². The fraction of sp³-hybridized carbons (Fsp3) is 0.300. The molecule has 1 aromatic carbocycles. The van der Waals surface area contributed by atoms with E-state index in [-0.39, 0.29) is 12.2 Å². The summed E-state index contributed by atoms with van der Waals surface area (Å²) in [5.41, 5.74) is 5.19. The summed E-state index contributed by atoms with van der Waals surface area (Å²) in [7, 11) is 0. The predicted molar refractivity (Wildman–Crippen MR) is 93.0 cm³/mol. The fourth-order valence-electron chi connectivity index (χ4n) is 3.39. The quantitative estimate of drug-likeness (QED) is 0.676. The Morgan fingerprint density at radius 2 is 2.16 bits per heavy atom. The van der Waals surface area contributed by atoms with Crippen LogP contribution in [0.15, 0.2) is 36.5 Å². The van der Waals surface area contributed by atoms with Crippen molar-refractivity contribution in [3.8, 4) is 5.75 Å². The molecule has 4 rings (SSSR count). The van der Waals surface area contributed by atoms with E-state index in [2.05, 4.69) is 4.98 Å². The molecule has 0 saturated heterocycles. The highest BCUT2D eigenvalue weighted by Crippen LogP contribution is 2.30. The largest absolute Gasteiger partial charge is 0.460 e. The number of ether oxygens (including phenoxy) is 1. The van der Waals surface area contributed by atoms with Gasteiger partial charge in [-0.1, -0.05) is 12.1 Å². The van der Waals surface area contributed by atoms with Crippen molar-refractivity contribution in [2.24, 2.45) is 0 Å². The van der Waals surface area contributed by atoms with Crippen LogP contribution in [0, 0.1) is 13.8 Å². The second kappa shape index (κ2) is 5.99. The van der Waals surface area contributed by atoms with E-state index in [4.69, 9.17) is 4.74 Å². The summed E-state index contributed by atoms with van der Waals surface area (Å²) in [6, 6.07) is 9.56. The number of pyridine rings is 1. The Morgan fingerprint density at radius 1 is 1.32 bits per heavy atom. The van der Waals surface area contributed by atoms with Crippen molar-refractivity contribution in [3.05, 3.63) is 64.6 Å². The van der Waals surface area contributed by atoms with Crippen molar-refractivity contribution in [2.75, 3.05) is 0 Å². The number of aromatic nitrogens is 2. The van der Waals surface area contributed by atoms with Crippen molar-refractivity contribution in [1.29, 1.82) is 0 Å². The van der Waals surface area contributed by atoms with Gasteiger partial charge in [-0.05, 0) is 49.6 Å². The van der Waals surface area contributed by atoms with Gasteiger partial charge in [0.25, 0.3) is 0 Å². The molecule has 1 aliphatic rings. The molecule has 128 valence electrons. The molecule has 0 radical (unpaired) electrons. The third-order valence-corrected chi connectivity index (χ3v) is 4.62. The minimum Gasteiger partial charge on any atom is -0.460 e. The molecule has 1 unspecified atom stereocenters. The Kier molecular flexibility index (Phi) is 3.79. The van der Waals surface area contributed by atoms with E-state index in [9.17, 15) is 9.18 Å². The van der Waals surface area contributed by atoms with Gasteiger partial charge < -0.3 is 4.74 Å². The fourth-order valence-corrected chi connectivity index (χ4v) is 3.39. The second-order valence-electron chi connectivity index (χ2n) is 6.58. The van der Waals surface area contributed by atoms with Crippen molar-refractivity contribution in [2.45, 2.75) is 39.5 Å². The molecule has 4 nitrogen and oxygen atoms in total. The number of carbonyl (C=O) groups excluding carboxylic acids is 1. The lowest BCUT2D eigenvalue weighted by molar-refractivity contribution is 0.0911. The van der Waals surface area contributed by atoms with Crippen molar-refractivity contribution >= 4 is 11.4 Å². The summed E-state index contributed by atoms with van der Waals surface area (Å²) in [6.07, 6.45) is 1.92. The van der Waals surface area contributed by atoms with E-state index in [1.165, 1.54) is 0 Å². The van der Waals surface area contributed by atoms with E-state index in [0.717, 1.165) is 28.0 Å². The number of carbonyl (C=O) groups is 1. The van der Waals surface area contributed by atoms with E-state index >= 15 is 0 Å². The monoisotopic (exact) mass is 338 g/mol. The zero-order valence-electron chi connectivity index (χ0n) is 14.3. The molecule has 0 saturated carbocycles. The molecule has 1 atom stereocenters. The molecule has 0 N–H and O–H groups in total. The van der Waals surface area contributed by atoms with Crippen LogP contribution in [0.4, 0.5) is 4.39 Å². The standard InChI is InChI=1S/C20H19FN2O2/c1-12-7-8-23-19(9-12)22-13(2)20(23)16(24)5-3-14-4-6-17-15(10-14)11-18(21)25-17/h4,6-10,18H,3,5,11H2,1-2H3. The van der Waals surface area contributed by atoms with Crippen LogP contribution < -0.4 is 4.74 Å². The average Bonchev–Trinajstić information content (AvgIpc) is 3.09. The van der Waals surface area contributed by atoms with E-state index in [1.807, 2.05) is 48.7 Å². The first kappa shape index (κ1) is 15.8. The summed E-state index contributed by atoms with van der Waals surface area (Å²) >= 11 is 0. The SMILES string of the molecule is Cc1ccn2c(C(=O)CCc3ccc4c(c3)CC(F)O4)c(C)nc2c1. The Bertz CT molecular complexity index is 977. The van der Waals surface area contributed by atoms with Crippen LogP contribution in [-0.4, -0.2) is 21.5 Å². The molecule has 0 spiro atoms. The summed E-state index contributed by atoms with van der Waals surface area (Å²) in [6.45, 7) is 3.87. The first-order chi connectivity index (χ1) is 12.0. The van der Waals surface area contributed by atoms with Crippen LogP contribution in [0.2, 0.25) is 0 Å². The number of Topliss-reactive ketones (excluding diaryl/α,β-unsaturated/α-hetero) is 1. The highest BCUT2D eigenvalue weighted by atomic mass is 19.1. The third kappa shape index (κ3) is 2.90. The average molecular weight is 338 g/mol. The van der Waals surface area contributed by atoms with Gasteiger partial charge in [0.15, 0.2) is 5.78 Å². The number of hydrogen-bond acceptors (Lipinski definition) is 3. The van der Waals surface area contributed by atoms with Crippen molar-refractivity contribution < 1.29 is 13.9 Å². The topological polar surface area (TPSA) is 43.6 Å². The number of fused-ring (bicyclic) bond motifs is 2. The maximum atomic E-state index is 13.3. The van der Waals surface area contributed by atoms with Gasteiger partial charge in [0.05, 0.1) is 5.69 Å². The summed E-state index contributed by atoms with van der Waals surface area (Å²) in [5, 5.41) is 0. The number of ketones is 1. The summed E-state index contributed by atoms with van der Waals surface area (Å²) in [5.74, 6) is 0.671. The number of alkyl halides is 1. The Morgan fingerprint density at radius 3 is 3.00 bits per heavy atom. The number of nitrogens with zero attached hydrogens (tertiary/aromatic N) is 2. The lowest BCUT2D eigenvalue weighted by Gasteiger charge is -2.05. The van der Waals surface area contributed by atoms with E-state index in [1.54, 1.807) is 6.07 Å². The molecule has 3 aromatic rings. The smallest absolute Gasteiger partial charge is 0.242 e. The lowest BCUT2D eigenvalue weighted by Crippen LogP contribution is -2.07. The van der Waals surface area contributed by atoms with Gasteiger partial charge in [0, 0.05) is 24.6 Å². The highest BCUT2D eigenvalue weighted by molar-refractivity contribution is 5.96. The molecule has 5 heteroatoms. The first-order valence-corrected chi connectivity index (χ1v) is 8.42. The Balaban J connectivity index is 1.53. The Labute approximate surface area is 145 Å². The minimum atomic E-state index is -1.25. The minimum absolute atomic E-state index is 0.0639. The number of imidazole rings is 1. The number of aryl methyl sites for hydroxylation is 3. The van der Waals surface area contributed by atoms with E-state index in [0.29, 0.717) is 24.3 Å². The molecule has 0 aliphatic carbocycles. The van der Waals surface area contributed by atoms with Crippen LogP contribution in [0.5, 0.6) is 5.75 Å². The molecule has 2 aromatic heterocycles. The third-order valence-electron chi connectivity index (χ3n) is 4.62. The van der Waals surface area contributed by atoms with Gasteiger partial charge in [-0.2, -0.15) is 0 Å². The summed E-state index contributed by atoms with van der Waals surface area (Å²) < 4.78 is 20.2. The molecule has 0 amide bonds. The molecular formula is C20H19FN2O2. The number of hydrogen-bond donors (Lipinski definition) is 0. The van der Waals surface area contributed by atoms with Crippen molar-refractivity contribution in [3.63, 3.8) is 0 Å². The molecule has 25 heavy (non-hydrogen) atoms. The van der Waals surface area contributed by atoms with Gasteiger partial charge in [0.1, 0.15) is 17.1 Å². The molecule has 0 fully saturated rings. The predicted octanol–water partition coefficient (Wildman–Crippen LogP) is 4.00. The Hall–Kier alpha value is -2.69. The van der Waals surface area contributed by atoms with Crippen molar-refractivity contribution in [1.82, 2.24) is 9.38 Å². The molecule has 1 aliphatic heterocycles. The molecular weight excluding hydrogens is 319 g/mol. The molecule has 0 bridgehead atoms. The van der Waals surface area contributed by atoms with Gasteiger partial charge in [0.2, 0.25) is 6.36 Å². The zero-order valence-corrected chi connectivity index (χ0v) is 14.3. The maximum Gasteiger partial charge on any atom is 0.242 e. The van der Waals surface area contributed by atoms with Crippen LogP contribution in [0.1, 0.15) is 39.3 Å². The van der Waals surface area contributed by atoms with Crippen LogP contribution in [-0.2, 0) is 12.8 Å². The summed E-state index contributed by atoms with van der Waals surface area (Å²) in [4.78, 5) is 17.2. The maximum absolute atomic E-state index is 13.3. The molecule has 3 heterocycles. The van der Waals surface area contributed by atoms with Gasteiger partial charge in [-0.3, -0.25) is 9.20 Å². The van der Waals surface area contributed by atoms with E-state index < -0.39 is 6.36 Å². The normalized spacial score (nSPS) is 16.0. The first-order valence-electron chi connectivity index (χ1n) is 8.42. The van der Waals surface area contributed by atoms with Gasteiger partial charge in [-0.25, -0.2) is 9.37 Å². The number of rotatable bonds is 4. The zero-order chi connectivity index (χ0) is 17.6. The number of benzene rings is 1. The second-order valence-corrected chi connectivity index (χ2v) is 6.58. The lowest BCUT2D eigenvalue weighted by atomic mass is 10.0. The highest BCUT2D eigenvalue weighted by Gasteiger charge is 2.22. The van der Waals surface area contributed by atoms with Gasteiger partial charge >= 0.3 is 0 Å².